The third kappa shape index (κ3) is 2.42. The van der Waals surface area contributed by atoms with Gasteiger partial charge in [0.15, 0.2) is 0 Å². The fraction of sp³-hybridized carbons (Fsp3) is 0.308. The van der Waals surface area contributed by atoms with Crippen LogP contribution < -0.4 is 16.7 Å². The van der Waals surface area contributed by atoms with Crippen molar-refractivity contribution in [3.05, 3.63) is 28.1 Å². The van der Waals surface area contributed by atoms with Crippen LogP contribution in [0.15, 0.2) is 21.3 Å². The van der Waals surface area contributed by atoms with Gasteiger partial charge in [0, 0.05) is 5.69 Å². The maximum atomic E-state index is 12.0. The summed E-state index contributed by atoms with van der Waals surface area (Å²) in [5, 5.41) is 3.01. The van der Waals surface area contributed by atoms with Gasteiger partial charge in [0.05, 0.1) is 18.0 Å². The summed E-state index contributed by atoms with van der Waals surface area (Å²) in [6, 6.07) is 2.58. The standard InChI is InChI=1S/C13H15N3O4/c1-6-8(14)4-5-9-10(6)12(18)20-13(16-9)15-7(2)11(17)19-3/h4-5,7H,14H2,1-3H3,(H,15,16)/t7-/m0/s1. The van der Waals surface area contributed by atoms with Gasteiger partial charge in [0.1, 0.15) is 6.04 Å². The van der Waals surface area contributed by atoms with E-state index in [-0.39, 0.29) is 6.01 Å². The number of ether oxygens (including phenoxy) is 1. The van der Waals surface area contributed by atoms with Crippen LogP contribution in [0.1, 0.15) is 12.5 Å². The minimum absolute atomic E-state index is 0.0374. The van der Waals surface area contributed by atoms with E-state index in [1.54, 1.807) is 26.0 Å². The molecule has 2 aromatic rings. The molecule has 3 N–H and O–H groups in total. The van der Waals surface area contributed by atoms with Crippen molar-refractivity contribution in [3.63, 3.8) is 0 Å². The van der Waals surface area contributed by atoms with Gasteiger partial charge in [-0.1, -0.05) is 0 Å². The summed E-state index contributed by atoms with van der Waals surface area (Å²) in [5.74, 6) is -0.483. The smallest absolute Gasteiger partial charge is 0.348 e. The summed E-state index contributed by atoms with van der Waals surface area (Å²) in [6.45, 7) is 3.30. The number of esters is 1. The highest BCUT2D eigenvalue weighted by Gasteiger charge is 2.16. The summed E-state index contributed by atoms with van der Waals surface area (Å²) in [5.41, 5.74) is 6.76. The van der Waals surface area contributed by atoms with Crippen LogP contribution in [0.5, 0.6) is 0 Å². The maximum Gasteiger partial charge on any atom is 0.348 e. The Morgan fingerprint density at radius 3 is 2.85 bits per heavy atom. The summed E-state index contributed by atoms with van der Waals surface area (Å²) in [7, 11) is 1.27. The van der Waals surface area contributed by atoms with Crippen molar-refractivity contribution in [1.29, 1.82) is 0 Å². The number of nitrogen functional groups attached to an aromatic ring is 1. The van der Waals surface area contributed by atoms with Crippen molar-refractivity contribution in [1.82, 2.24) is 4.98 Å². The molecule has 20 heavy (non-hydrogen) atoms. The van der Waals surface area contributed by atoms with Crippen molar-refractivity contribution in [3.8, 4) is 0 Å². The van der Waals surface area contributed by atoms with E-state index >= 15 is 0 Å². The minimum Gasteiger partial charge on any atom is -0.467 e. The van der Waals surface area contributed by atoms with Crippen LogP contribution >= 0.6 is 0 Å². The molecular weight excluding hydrogens is 262 g/mol. The Kier molecular flexibility index (Phi) is 3.60. The molecule has 7 heteroatoms. The maximum absolute atomic E-state index is 12.0. The van der Waals surface area contributed by atoms with Gasteiger partial charge in [-0.05, 0) is 31.5 Å². The van der Waals surface area contributed by atoms with Gasteiger partial charge in [-0.3, -0.25) is 0 Å². The highest BCUT2D eigenvalue weighted by molar-refractivity contribution is 5.86. The number of rotatable bonds is 3. The molecule has 1 heterocycles. The van der Waals surface area contributed by atoms with Crippen LogP contribution in [0.2, 0.25) is 0 Å². The van der Waals surface area contributed by atoms with Gasteiger partial charge in [0.25, 0.3) is 6.01 Å². The van der Waals surface area contributed by atoms with Gasteiger partial charge in [-0.15, -0.1) is 0 Å². The number of methoxy groups -OCH3 is 1. The zero-order valence-corrected chi connectivity index (χ0v) is 11.4. The Morgan fingerprint density at radius 2 is 2.20 bits per heavy atom. The summed E-state index contributed by atoms with van der Waals surface area (Å²) in [6.07, 6.45) is 0. The Labute approximate surface area is 114 Å². The number of carbonyl (C=O) groups excluding carboxylic acids is 1. The van der Waals surface area contributed by atoms with Crippen LogP contribution in [-0.2, 0) is 9.53 Å². The van der Waals surface area contributed by atoms with Gasteiger partial charge < -0.3 is 20.2 Å². The first-order chi connectivity index (χ1) is 9.43. The topological polar surface area (TPSA) is 107 Å². The van der Waals surface area contributed by atoms with Crippen LogP contribution in [0.4, 0.5) is 11.7 Å². The van der Waals surface area contributed by atoms with E-state index in [1.807, 2.05) is 0 Å². The molecule has 0 amide bonds. The highest BCUT2D eigenvalue weighted by Crippen LogP contribution is 2.20. The number of anilines is 2. The predicted molar refractivity (Wildman–Crippen MR) is 74.5 cm³/mol. The molecule has 1 aromatic heterocycles. The third-order valence-electron chi connectivity index (χ3n) is 3.00. The monoisotopic (exact) mass is 277 g/mol. The number of hydrogen-bond acceptors (Lipinski definition) is 7. The van der Waals surface area contributed by atoms with Gasteiger partial charge in [-0.2, -0.15) is 4.98 Å². The highest BCUT2D eigenvalue weighted by atomic mass is 16.5. The minimum atomic E-state index is -0.678. The summed E-state index contributed by atoms with van der Waals surface area (Å²) in [4.78, 5) is 27.4. The number of hydrogen-bond donors (Lipinski definition) is 2. The first-order valence-electron chi connectivity index (χ1n) is 5.98. The zero-order valence-electron chi connectivity index (χ0n) is 11.4. The van der Waals surface area contributed by atoms with Gasteiger partial charge >= 0.3 is 11.6 Å². The average Bonchev–Trinajstić information content (AvgIpc) is 2.41. The predicted octanol–water partition coefficient (Wildman–Crippen LogP) is 1.05. The summed E-state index contributed by atoms with van der Waals surface area (Å²) < 4.78 is 9.62. The first kappa shape index (κ1) is 13.9. The normalized spacial score (nSPS) is 12.2. The fourth-order valence-corrected chi connectivity index (χ4v) is 1.82. The second-order valence-electron chi connectivity index (χ2n) is 4.37. The molecule has 0 bridgehead atoms. The Bertz CT molecular complexity index is 723. The number of nitrogens with two attached hydrogens (primary N) is 1. The molecule has 106 valence electrons. The summed E-state index contributed by atoms with van der Waals surface area (Å²) >= 11 is 0. The van der Waals surface area contributed by atoms with Crippen molar-refractivity contribution in [2.45, 2.75) is 19.9 Å². The Balaban J connectivity index is 2.47. The van der Waals surface area contributed by atoms with E-state index in [4.69, 9.17) is 10.2 Å². The second kappa shape index (κ2) is 5.20. The number of aryl methyl sites for hydroxylation is 1. The SMILES string of the molecule is COC(=O)[C@H](C)Nc1nc2ccc(N)c(C)c2c(=O)o1. The molecule has 0 aliphatic heterocycles. The molecule has 0 fully saturated rings. The molecule has 0 saturated heterocycles. The molecule has 7 nitrogen and oxygen atoms in total. The van der Waals surface area contributed by atoms with E-state index < -0.39 is 17.6 Å². The molecule has 0 unspecified atom stereocenters. The van der Waals surface area contributed by atoms with Crippen LogP contribution in [0.25, 0.3) is 10.9 Å². The molecule has 0 aliphatic carbocycles. The van der Waals surface area contributed by atoms with Crippen molar-refractivity contribution >= 4 is 28.6 Å². The lowest BCUT2D eigenvalue weighted by Gasteiger charge is -2.11. The average molecular weight is 277 g/mol. The van der Waals surface area contributed by atoms with E-state index in [9.17, 15) is 9.59 Å². The molecular formula is C13H15N3O4. The van der Waals surface area contributed by atoms with E-state index in [0.717, 1.165) is 0 Å². The molecule has 2 rings (SSSR count). The zero-order chi connectivity index (χ0) is 14.9. The van der Waals surface area contributed by atoms with Crippen molar-refractivity contribution in [2.24, 2.45) is 0 Å². The molecule has 0 saturated carbocycles. The second-order valence-corrected chi connectivity index (χ2v) is 4.37. The molecule has 0 spiro atoms. The Hall–Kier alpha value is -2.57. The fourth-order valence-electron chi connectivity index (χ4n) is 1.82. The van der Waals surface area contributed by atoms with Crippen molar-refractivity contribution < 1.29 is 13.9 Å². The van der Waals surface area contributed by atoms with E-state index in [0.29, 0.717) is 22.2 Å². The van der Waals surface area contributed by atoms with E-state index in [1.165, 1.54) is 7.11 Å². The first-order valence-corrected chi connectivity index (χ1v) is 5.98. The quantitative estimate of drug-likeness (QED) is 0.637. The lowest BCUT2D eigenvalue weighted by molar-refractivity contribution is -0.141. The van der Waals surface area contributed by atoms with Crippen LogP contribution in [-0.4, -0.2) is 24.1 Å². The van der Waals surface area contributed by atoms with E-state index in [2.05, 4.69) is 15.0 Å². The molecule has 1 atom stereocenters. The number of fused-ring (bicyclic) bond motifs is 1. The Morgan fingerprint density at radius 1 is 1.50 bits per heavy atom. The third-order valence-corrected chi connectivity index (χ3v) is 3.00. The molecule has 1 aromatic carbocycles. The number of carbonyl (C=O) groups is 1. The number of nitrogens with zero attached hydrogens (tertiary/aromatic N) is 1. The van der Waals surface area contributed by atoms with Crippen molar-refractivity contribution in [2.75, 3.05) is 18.2 Å². The molecule has 0 aliphatic rings. The number of aromatic nitrogens is 1. The van der Waals surface area contributed by atoms with Gasteiger partial charge in [-0.25, -0.2) is 9.59 Å². The van der Waals surface area contributed by atoms with Gasteiger partial charge in [0.2, 0.25) is 0 Å². The number of benzene rings is 1. The lowest BCUT2D eigenvalue weighted by atomic mass is 10.1. The lowest BCUT2D eigenvalue weighted by Crippen LogP contribution is -2.28. The van der Waals surface area contributed by atoms with Crippen LogP contribution in [0.3, 0.4) is 0 Å². The largest absolute Gasteiger partial charge is 0.467 e. The molecule has 0 radical (unpaired) electrons. The number of nitrogens with one attached hydrogen (secondary N) is 1. The van der Waals surface area contributed by atoms with Crippen LogP contribution in [0, 0.1) is 6.92 Å².